The lowest BCUT2D eigenvalue weighted by molar-refractivity contribution is -0.310. The van der Waals surface area contributed by atoms with Crippen LogP contribution in [-0.2, 0) is 19.2 Å². The van der Waals surface area contributed by atoms with E-state index in [9.17, 15) is 29.4 Å². The molecule has 0 spiro atoms. The molecule has 0 amide bonds. The lowest BCUT2D eigenvalue weighted by Gasteiger charge is -2.18. The maximum atomic E-state index is 10.3. The Morgan fingerprint density at radius 2 is 1.64 bits per heavy atom. The van der Waals surface area contributed by atoms with E-state index in [4.69, 9.17) is 15.9 Å². The SMILES string of the molecule is CCN[C@@H](CCC(=O)[O-])C(=O)[O-].N[C@@H](CCC(=O)O)C(=O)O. The quantitative estimate of drug-likeness (QED) is 0.314. The van der Waals surface area contributed by atoms with Crippen molar-refractivity contribution in [3.63, 3.8) is 0 Å². The van der Waals surface area contributed by atoms with Gasteiger partial charge in [-0.1, -0.05) is 6.92 Å². The van der Waals surface area contributed by atoms with Gasteiger partial charge >= 0.3 is 11.9 Å². The molecule has 0 aliphatic heterocycles. The zero-order valence-electron chi connectivity index (χ0n) is 12.1. The van der Waals surface area contributed by atoms with Crippen molar-refractivity contribution < 1.29 is 39.6 Å². The monoisotopic (exact) mass is 320 g/mol. The molecule has 128 valence electrons. The van der Waals surface area contributed by atoms with Crippen LogP contribution in [0.2, 0.25) is 0 Å². The molecular formula is C12H20N2O8-2. The summed E-state index contributed by atoms with van der Waals surface area (Å²) in [6.45, 7) is 2.20. The van der Waals surface area contributed by atoms with Gasteiger partial charge in [-0.05, 0) is 25.8 Å². The minimum Gasteiger partial charge on any atom is -0.550 e. The van der Waals surface area contributed by atoms with Crippen LogP contribution >= 0.6 is 0 Å². The predicted octanol–water partition coefficient (Wildman–Crippen LogP) is -3.49. The highest BCUT2D eigenvalue weighted by molar-refractivity contribution is 5.74. The van der Waals surface area contributed by atoms with Gasteiger partial charge in [-0.25, -0.2) is 0 Å². The third-order valence-corrected chi connectivity index (χ3v) is 2.36. The molecule has 0 fully saturated rings. The van der Waals surface area contributed by atoms with Gasteiger partial charge in [-0.3, -0.25) is 9.59 Å². The predicted molar refractivity (Wildman–Crippen MR) is 69.2 cm³/mol. The molecule has 10 heteroatoms. The summed E-state index contributed by atoms with van der Waals surface area (Å²) in [5.74, 6) is -4.73. The highest BCUT2D eigenvalue weighted by atomic mass is 16.4. The first-order valence-electron chi connectivity index (χ1n) is 6.46. The first-order chi connectivity index (χ1) is 10.1. The van der Waals surface area contributed by atoms with Gasteiger partial charge in [-0.2, -0.15) is 0 Å². The Bertz CT molecular complexity index is 385. The van der Waals surface area contributed by atoms with E-state index < -0.39 is 36.0 Å². The zero-order valence-corrected chi connectivity index (χ0v) is 12.1. The number of hydrogen-bond acceptors (Lipinski definition) is 8. The number of likely N-dealkylation sites (N-methyl/N-ethyl adjacent to an activating group) is 1. The third-order valence-electron chi connectivity index (χ3n) is 2.36. The van der Waals surface area contributed by atoms with Crippen LogP contribution in [0.1, 0.15) is 32.6 Å². The Morgan fingerprint density at radius 3 is 1.95 bits per heavy atom. The Balaban J connectivity index is 0. The highest BCUT2D eigenvalue weighted by Crippen LogP contribution is 1.95. The number of hydrogen-bond donors (Lipinski definition) is 4. The van der Waals surface area contributed by atoms with Crippen molar-refractivity contribution in [1.82, 2.24) is 5.32 Å². The molecule has 0 heterocycles. The molecule has 5 N–H and O–H groups in total. The minimum absolute atomic E-state index is 0.00148. The Morgan fingerprint density at radius 1 is 1.09 bits per heavy atom. The second-order valence-electron chi connectivity index (χ2n) is 4.22. The first-order valence-corrected chi connectivity index (χ1v) is 6.46. The number of rotatable bonds is 10. The summed E-state index contributed by atoms with van der Waals surface area (Å²) in [4.78, 5) is 40.2. The van der Waals surface area contributed by atoms with Gasteiger partial charge in [0.05, 0.1) is 5.97 Å². The lowest BCUT2D eigenvalue weighted by Crippen LogP contribution is -2.46. The van der Waals surface area contributed by atoms with Gasteiger partial charge in [0.25, 0.3) is 0 Å². The van der Waals surface area contributed by atoms with Crippen molar-refractivity contribution in [2.45, 2.75) is 44.7 Å². The number of carbonyl (C=O) groups is 4. The lowest BCUT2D eigenvalue weighted by atomic mass is 10.1. The van der Waals surface area contributed by atoms with Crippen LogP contribution in [0.4, 0.5) is 0 Å². The largest absolute Gasteiger partial charge is 0.550 e. The zero-order chi connectivity index (χ0) is 17.7. The van der Waals surface area contributed by atoms with Crippen molar-refractivity contribution in [2.24, 2.45) is 5.73 Å². The minimum atomic E-state index is -1.28. The van der Waals surface area contributed by atoms with Gasteiger partial charge in [0.1, 0.15) is 6.04 Å². The van der Waals surface area contributed by atoms with E-state index in [2.05, 4.69) is 5.32 Å². The van der Waals surface area contributed by atoms with Crippen molar-refractivity contribution in [3.8, 4) is 0 Å². The summed E-state index contributed by atoms with van der Waals surface area (Å²) >= 11 is 0. The molecule has 0 saturated heterocycles. The molecule has 0 saturated carbocycles. The van der Waals surface area contributed by atoms with Crippen LogP contribution in [0.3, 0.4) is 0 Å². The van der Waals surface area contributed by atoms with E-state index in [-0.39, 0.29) is 25.7 Å². The van der Waals surface area contributed by atoms with E-state index in [0.717, 1.165) is 0 Å². The molecule has 0 aliphatic carbocycles. The number of nitrogens with two attached hydrogens (primary N) is 1. The molecule has 0 radical (unpaired) electrons. The third kappa shape index (κ3) is 14.2. The fourth-order valence-electron chi connectivity index (χ4n) is 1.21. The number of aliphatic carboxylic acids is 4. The van der Waals surface area contributed by atoms with Crippen LogP contribution < -0.4 is 21.3 Å². The van der Waals surface area contributed by atoms with E-state index >= 15 is 0 Å². The molecule has 0 aromatic rings. The van der Waals surface area contributed by atoms with Crippen molar-refractivity contribution >= 4 is 23.9 Å². The molecule has 0 aliphatic rings. The standard InChI is InChI=1S/C7H13NO4.C5H9NO4/c1-2-8-5(7(11)12)3-4-6(9)10;6-3(5(9)10)1-2-4(7)8/h5,8H,2-4H2,1H3,(H,9,10)(H,11,12);3H,1-2,6H2,(H,7,8)(H,9,10)/p-2/t5-;3-/m00/s1. The summed E-state index contributed by atoms with van der Waals surface area (Å²) < 4.78 is 0. The molecule has 0 aromatic heterocycles. The number of carboxylic acid groups (broad SMARTS) is 4. The smallest absolute Gasteiger partial charge is 0.320 e. The summed E-state index contributed by atoms with van der Waals surface area (Å²) in [6.07, 6.45) is -0.498. The van der Waals surface area contributed by atoms with Crippen molar-refractivity contribution in [3.05, 3.63) is 0 Å². The summed E-state index contributed by atoms with van der Waals surface area (Å²) in [5, 5.41) is 39.2. The summed E-state index contributed by atoms with van der Waals surface area (Å²) in [7, 11) is 0. The Hall–Kier alpha value is -2.20. The van der Waals surface area contributed by atoms with Crippen LogP contribution in [-0.4, -0.2) is 52.7 Å². The summed E-state index contributed by atoms with van der Waals surface area (Å²) in [5.41, 5.74) is 5.00. The number of carboxylic acids is 4. The average molecular weight is 320 g/mol. The fourth-order valence-corrected chi connectivity index (χ4v) is 1.21. The molecule has 10 nitrogen and oxygen atoms in total. The highest BCUT2D eigenvalue weighted by Gasteiger charge is 2.12. The fraction of sp³-hybridized carbons (Fsp3) is 0.667. The maximum absolute atomic E-state index is 10.3. The molecule has 0 bridgehead atoms. The normalized spacial score (nSPS) is 12.5. The van der Waals surface area contributed by atoms with Crippen LogP contribution in [0.15, 0.2) is 0 Å². The van der Waals surface area contributed by atoms with E-state index in [1.165, 1.54) is 0 Å². The van der Waals surface area contributed by atoms with Crippen LogP contribution in [0, 0.1) is 0 Å². The summed E-state index contributed by atoms with van der Waals surface area (Å²) in [6, 6.07) is -1.95. The number of carbonyl (C=O) groups excluding carboxylic acids is 2. The van der Waals surface area contributed by atoms with Gasteiger partial charge in [0, 0.05) is 18.4 Å². The van der Waals surface area contributed by atoms with Crippen molar-refractivity contribution in [1.29, 1.82) is 0 Å². The Labute approximate surface area is 126 Å². The molecular weight excluding hydrogens is 300 g/mol. The van der Waals surface area contributed by atoms with Crippen LogP contribution in [0.5, 0.6) is 0 Å². The van der Waals surface area contributed by atoms with Gasteiger partial charge in [-0.15, -0.1) is 0 Å². The van der Waals surface area contributed by atoms with E-state index in [1.807, 2.05) is 0 Å². The van der Waals surface area contributed by atoms with E-state index in [0.29, 0.717) is 6.54 Å². The molecule has 2 atom stereocenters. The van der Waals surface area contributed by atoms with Gasteiger partial charge in [0.15, 0.2) is 0 Å². The van der Waals surface area contributed by atoms with Gasteiger partial charge < -0.3 is 41.1 Å². The second-order valence-corrected chi connectivity index (χ2v) is 4.22. The Kier molecular flexibility index (Phi) is 12.6. The second kappa shape index (κ2) is 12.5. The van der Waals surface area contributed by atoms with Gasteiger partial charge in [0.2, 0.25) is 0 Å². The van der Waals surface area contributed by atoms with E-state index in [1.54, 1.807) is 6.92 Å². The molecule has 0 unspecified atom stereocenters. The molecule has 0 aromatic carbocycles. The van der Waals surface area contributed by atoms with Crippen LogP contribution in [0.25, 0.3) is 0 Å². The first kappa shape index (κ1) is 22.1. The van der Waals surface area contributed by atoms with Crippen molar-refractivity contribution in [2.75, 3.05) is 6.54 Å². The molecule has 0 rings (SSSR count). The number of nitrogens with one attached hydrogen (secondary N) is 1. The topological polar surface area (TPSA) is 193 Å². The maximum Gasteiger partial charge on any atom is 0.320 e. The molecule has 22 heavy (non-hydrogen) atoms. The average Bonchev–Trinajstić information content (AvgIpc) is 2.40.